The first kappa shape index (κ1) is 28.6. The molecule has 43 heavy (non-hydrogen) atoms. The summed E-state index contributed by atoms with van der Waals surface area (Å²) in [7, 11) is 3.51. The van der Waals surface area contributed by atoms with E-state index < -0.39 is 5.82 Å². The number of carbonyl (C=O) groups excluding carboxylic acids is 2. The number of nitrogens with one attached hydrogen (secondary N) is 1. The number of ketones is 1. The fourth-order valence-corrected chi connectivity index (χ4v) is 6.15. The second kappa shape index (κ2) is 12.0. The molecule has 9 heteroatoms. The van der Waals surface area contributed by atoms with Crippen molar-refractivity contribution < 1.29 is 14.0 Å². The van der Waals surface area contributed by atoms with Crippen LogP contribution in [0.1, 0.15) is 52.9 Å². The zero-order valence-corrected chi connectivity index (χ0v) is 25.0. The first-order chi connectivity index (χ1) is 20.8. The topological polar surface area (TPSA) is 85.4 Å². The first-order valence-electron chi connectivity index (χ1n) is 15.0. The average Bonchev–Trinajstić information content (AvgIpc) is 3.47. The van der Waals surface area contributed by atoms with Crippen LogP contribution in [0.3, 0.4) is 0 Å². The van der Waals surface area contributed by atoms with Gasteiger partial charge in [-0.25, -0.2) is 19.2 Å². The van der Waals surface area contributed by atoms with Crippen molar-refractivity contribution in [1.29, 1.82) is 0 Å². The van der Waals surface area contributed by atoms with Crippen LogP contribution < -0.4 is 4.90 Å². The van der Waals surface area contributed by atoms with Crippen LogP contribution in [0.2, 0.25) is 0 Å². The van der Waals surface area contributed by atoms with Gasteiger partial charge in [-0.3, -0.25) is 4.79 Å². The second-order valence-corrected chi connectivity index (χ2v) is 11.7. The summed E-state index contributed by atoms with van der Waals surface area (Å²) in [5.74, 6) is -0.459. The Morgan fingerprint density at radius 3 is 2.47 bits per heavy atom. The van der Waals surface area contributed by atoms with Crippen LogP contribution in [0, 0.1) is 12.7 Å². The lowest BCUT2D eigenvalue weighted by Gasteiger charge is -2.28. The van der Waals surface area contributed by atoms with Crippen molar-refractivity contribution in [2.75, 3.05) is 45.2 Å². The van der Waals surface area contributed by atoms with Crippen LogP contribution in [0.4, 0.5) is 14.9 Å². The maximum absolute atomic E-state index is 15.0. The van der Waals surface area contributed by atoms with Crippen molar-refractivity contribution in [2.45, 2.75) is 39.0 Å². The number of hydrogen-bond donors (Lipinski definition) is 1. The molecule has 4 aromatic rings. The number of hydrogen-bond acceptors (Lipinski definition) is 5. The lowest BCUT2D eigenvalue weighted by molar-refractivity contribution is 0.0992. The normalized spacial score (nSPS) is 15.5. The van der Waals surface area contributed by atoms with Gasteiger partial charge in [0.05, 0.1) is 5.69 Å². The molecular formula is C34H37FN6O2. The lowest BCUT2D eigenvalue weighted by atomic mass is 9.93. The summed E-state index contributed by atoms with van der Waals surface area (Å²) in [6.07, 6.45) is 8.00. The molecule has 0 atom stereocenters. The van der Waals surface area contributed by atoms with E-state index in [1.807, 2.05) is 37.3 Å². The molecule has 6 rings (SSSR count). The third-order valence-electron chi connectivity index (χ3n) is 8.63. The minimum atomic E-state index is -0.410. The lowest BCUT2D eigenvalue weighted by Crippen LogP contribution is -2.41. The van der Waals surface area contributed by atoms with Gasteiger partial charge in [0, 0.05) is 74.6 Å². The maximum Gasteiger partial charge on any atom is 0.319 e. The van der Waals surface area contributed by atoms with Crippen LogP contribution in [-0.2, 0) is 6.42 Å². The number of nitrogens with zero attached hydrogens (tertiary/aromatic N) is 5. The Morgan fingerprint density at radius 2 is 1.77 bits per heavy atom. The molecule has 2 aromatic heterocycles. The Kier molecular flexibility index (Phi) is 7.97. The van der Waals surface area contributed by atoms with E-state index in [1.165, 1.54) is 37.7 Å². The molecule has 8 nitrogen and oxygen atoms in total. The van der Waals surface area contributed by atoms with Crippen LogP contribution in [0.15, 0.2) is 54.9 Å². The van der Waals surface area contributed by atoms with E-state index in [1.54, 1.807) is 23.9 Å². The molecule has 0 bridgehead atoms. The highest BCUT2D eigenvalue weighted by atomic mass is 19.1. The summed E-state index contributed by atoms with van der Waals surface area (Å²) < 4.78 is 15.0. The van der Waals surface area contributed by atoms with Crippen molar-refractivity contribution in [3.63, 3.8) is 0 Å². The minimum Gasteiger partial charge on any atom is -0.372 e. The SMILES string of the molecule is Cc1c(CC(=O)c2ccc(N3CCCCC3)cc2)cc(F)cc1-c1ncnc2[nH]c(C3=CCN(C(=O)N(C)C)CC3)cc12. The Balaban J connectivity index is 1.25. The molecule has 1 saturated heterocycles. The van der Waals surface area contributed by atoms with Gasteiger partial charge < -0.3 is 19.7 Å². The monoisotopic (exact) mass is 580 g/mol. The van der Waals surface area contributed by atoms with E-state index in [0.29, 0.717) is 47.5 Å². The van der Waals surface area contributed by atoms with Crippen LogP contribution in [0.25, 0.3) is 27.9 Å². The van der Waals surface area contributed by atoms with Gasteiger partial charge in [-0.2, -0.15) is 0 Å². The van der Waals surface area contributed by atoms with Crippen molar-refractivity contribution in [2.24, 2.45) is 0 Å². The molecule has 2 amide bonds. The number of benzene rings is 2. The molecule has 2 aliphatic rings. The Hall–Kier alpha value is -4.53. The fraction of sp³-hybridized carbons (Fsp3) is 0.353. The number of carbonyl (C=O) groups is 2. The summed E-state index contributed by atoms with van der Waals surface area (Å²) in [5, 5.41) is 0.782. The maximum atomic E-state index is 15.0. The van der Waals surface area contributed by atoms with Gasteiger partial charge in [0.2, 0.25) is 0 Å². The molecular weight excluding hydrogens is 543 g/mol. The number of Topliss-reactive ketones (excluding diaryl/α,β-unsaturated/α-hetero) is 1. The van der Waals surface area contributed by atoms with E-state index in [-0.39, 0.29) is 18.2 Å². The fourth-order valence-electron chi connectivity index (χ4n) is 6.15. The average molecular weight is 581 g/mol. The molecule has 1 fully saturated rings. The number of fused-ring (bicyclic) bond motifs is 1. The zero-order chi connectivity index (χ0) is 30.1. The highest BCUT2D eigenvalue weighted by molar-refractivity contribution is 5.99. The van der Waals surface area contributed by atoms with E-state index in [4.69, 9.17) is 0 Å². The van der Waals surface area contributed by atoms with Gasteiger partial charge in [0.25, 0.3) is 0 Å². The third kappa shape index (κ3) is 5.89. The molecule has 0 radical (unpaired) electrons. The number of halogens is 1. The number of aromatic nitrogens is 3. The number of H-pyrrole nitrogens is 1. The van der Waals surface area contributed by atoms with Crippen LogP contribution in [-0.4, -0.2) is 76.8 Å². The van der Waals surface area contributed by atoms with Gasteiger partial charge in [0.1, 0.15) is 17.8 Å². The number of aromatic amines is 1. The first-order valence-corrected chi connectivity index (χ1v) is 15.0. The summed E-state index contributed by atoms with van der Waals surface area (Å²) in [6.45, 7) is 5.16. The zero-order valence-electron chi connectivity index (χ0n) is 25.0. The van der Waals surface area contributed by atoms with E-state index in [0.717, 1.165) is 41.0 Å². The largest absolute Gasteiger partial charge is 0.372 e. The Morgan fingerprint density at radius 1 is 1.00 bits per heavy atom. The quantitative estimate of drug-likeness (QED) is 0.272. The van der Waals surface area contributed by atoms with Gasteiger partial charge >= 0.3 is 6.03 Å². The molecule has 2 aliphatic heterocycles. The second-order valence-electron chi connectivity index (χ2n) is 11.7. The molecule has 1 N–H and O–H groups in total. The summed E-state index contributed by atoms with van der Waals surface area (Å²) >= 11 is 0. The number of urea groups is 1. The summed E-state index contributed by atoms with van der Waals surface area (Å²) in [6, 6.07) is 12.7. The molecule has 4 heterocycles. The molecule has 0 saturated carbocycles. The number of amides is 2. The van der Waals surface area contributed by atoms with E-state index in [2.05, 4.69) is 25.9 Å². The van der Waals surface area contributed by atoms with Crippen molar-refractivity contribution in [3.8, 4) is 11.3 Å². The molecule has 222 valence electrons. The number of piperidine rings is 1. The molecule has 0 aliphatic carbocycles. The van der Waals surface area contributed by atoms with Gasteiger partial charge in [-0.15, -0.1) is 0 Å². The predicted molar refractivity (Wildman–Crippen MR) is 168 cm³/mol. The Labute approximate surface area is 251 Å². The number of anilines is 1. The summed E-state index contributed by atoms with van der Waals surface area (Å²) in [5.41, 5.74) is 7.14. The highest BCUT2D eigenvalue weighted by Crippen LogP contribution is 2.34. The molecule has 0 spiro atoms. The Bertz CT molecular complexity index is 1700. The van der Waals surface area contributed by atoms with Crippen molar-refractivity contribution in [3.05, 3.63) is 83.1 Å². The number of rotatable bonds is 6. The standard InChI is InChI=1S/C34H37FN6O2/c1-22-25(18-31(42)24-7-9-27(10-8-24)40-13-5-4-6-14-40)17-26(35)19-28(22)32-29-20-30(38-33(29)37-21-36-32)23-11-15-41(16-12-23)34(43)39(2)3/h7-11,17,19-21H,4-6,12-16,18H2,1-3H3,(H,36,37,38). The van der Waals surface area contributed by atoms with Crippen molar-refractivity contribution in [1.82, 2.24) is 24.8 Å². The van der Waals surface area contributed by atoms with Crippen LogP contribution >= 0.6 is 0 Å². The molecule has 2 aromatic carbocycles. The summed E-state index contributed by atoms with van der Waals surface area (Å²) in [4.78, 5) is 43.8. The smallest absolute Gasteiger partial charge is 0.319 e. The van der Waals surface area contributed by atoms with Crippen LogP contribution in [0.5, 0.6) is 0 Å². The minimum absolute atomic E-state index is 0.00886. The third-order valence-corrected chi connectivity index (χ3v) is 8.63. The highest BCUT2D eigenvalue weighted by Gasteiger charge is 2.22. The van der Waals surface area contributed by atoms with Gasteiger partial charge in [0.15, 0.2) is 5.78 Å². The van der Waals surface area contributed by atoms with E-state index in [9.17, 15) is 9.59 Å². The van der Waals surface area contributed by atoms with Crippen molar-refractivity contribution >= 4 is 34.1 Å². The molecule has 0 unspecified atom stereocenters. The van der Waals surface area contributed by atoms with Gasteiger partial charge in [-0.1, -0.05) is 6.08 Å². The van der Waals surface area contributed by atoms with Gasteiger partial charge in [-0.05, 0) is 91.8 Å². The predicted octanol–water partition coefficient (Wildman–Crippen LogP) is 6.26. The van der Waals surface area contributed by atoms with E-state index >= 15 is 4.39 Å².